The Morgan fingerprint density at radius 1 is 1.17 bits per heavy atom. The van der Waals surface area contributed by atoms with Crippen LogP contribution in [0.1, 0.15) is 22.3 Å². The summed E-state index contributed by atoms with van der Waals surface area (Å²) in [4.78, 5) is 23.0. The van der Waals surface area contributed by atoms with Gasteiger partial charge < -0.3 is 21.7 Å². The summed E-state index contributed by atoms with van der Waals surface area (Å²) >= 11 is 0. The van der Waals surface area contributed by atoms with Crippen LogP contribution in [0.4, 0.5) is 22.7 Å². The Bertz CT molecular complexity index is 786. The van der Waals surface area contributed by atoms with E-state index in [1.165, 1.54) is 0 Å². The van der Waals surface area contributed by atoms with Crippen molar-refractivity contribution < 1.29 is 9.59 Å². The number of benzene rings is 2. The topological polar surface area (TPSA) is 96.2 Å². The van der Waals surface area contributed by atoms with Crippen molar-refractivity contribution in [3.8, 4) is 0 Å². The number of carbonyl (C=O) groups excluding carboxylic acids is 2. The number of nitrogens with one attached hydrogen (secondary N) is 3. The summed E-state index contributed by atoms with van der Waals surface area (Å²) < 4.78 is 0. The van der Waals surface area contributed by atoms with Gasteiger partial charge in [-0.15, -0.1) is 0 Å². The van der Waals surface area contributed by atoms with E-state index in [9.17, 15) is 9.59 Å². The van der Waals surface area contributed by atoms with E-state index in [1.54, 1.807) is 25.2 Å². The van der Waals surface area contributed by atoms with E-state index >= 15 is 0 Å². The second-order valence-electron chi connectivity index (χ2n) is 5.43. The van der Waals surface area contributed by atoms with Crippen LogP contribution in [0.5, 0.6) is 0 Å². The van der Waals surface area contributed by atoms with Crippen LogP contribution in [0, 0.1) is 0 Å². The van der Waals surface area contributed by atoms with Crippen LogP contribution in [0.25, 0.3) is 0 Å². The molecule has 0 aromatic heterocycles. The number of hydrogen-bond acceptors (Lipinski definition) is 4. The third-order valence-corrected chi connectivity index (χ3v) is 3.82. The zero-order valence-corrected chi connectivity index (χ0v) is 12.8. The molecule has 2 aromatic rings. The van der Waals surface area contributed by atoms with Crippen LogP contribution in [0.15, 0.2) is 36.4 Å². The molecule has 6 heteroatoms. The maximum absolute atomic E-state index is 11.6. The van der Waals surface area contributed by atoms with Crippen LogP contribution in [-0.4, -0.2) is 18.9 Å². The summed E-state index contributed by atoms with van der Waals surface area (Å²) in [5.41, 5.74) is 10.6. The highest BCUT2D eigenvalue weighted by atomic mass is 16.2. The van der Waals surface area contributed by atoms with Crippen molar-refractivity contribution in [2.24, 2.45) is 0 Å². The maximum Gasteiger partial charge on any atom is 0.251 e. The van der Waals surface area contributed by atoms with Gasteiger partial charge in [0.1, 0.15) is 0 Å². The van der Waals surface area contributed by atoms with E-state index in [4.69, 9.17) is 5.73 Å². The van der Waals surface area contributed by atoms with Crippen LogP contribution in [0.3, 0.4) is 0 Å². The zero-order chi connectivity index (χ0) is 16.4. The summed E-state index contributed by atoms with van der Waals surface area (Å²) in [5.74, 6) is -0.125. The molecular weight excluding hydrogens is 292 g/mol. The first kappa shape index (κ1) is 14.9. The Balaban J connectivity index is 1.82. The molecule has 23 heavy (non-hydrogen) atoms. The predicted molar refractivity (Wildman–Crippen MR) is 90.9 cm³/mol. The van der Waals surface area contributed by atoms with Gasteiger partial charge in [0.05, 0.1) is 11.4 Å². The largest absolute Gasteiger partial charge is 0.397 e. The first-order valence-corrected chi connectivity index (χ1v) is 7.38. The number of fused-ring (bicyclic) bond motifs is 1. The Labute approximate surface area is 134 Å². The fourth-order valence-electron chi connectivity index (χ4n) is 2.58. The molecule has 0 aliphatic carbocycles. The molecular formula is C17H18N4O2. The van der Waals surface area contributed by atoms with Gasteiger partial charge in [-0.2, -0.15) is 0 Å². The molecule has 5 N–H and O–H groups in total. The number of aryl methyl sites for hydroxylation is 1. The second-order valence-corrected chi connectivity index (χ2v) is 5.43. The van der Waals surface area contributed by atoms with E-state index in [0.29, 0.717) is 17.7 Å². The van der Waals surface area contributed by atoms with Gasteiger partial charge in [-0.1, -0.05) is 0 Å². The van der Waals surface area contributed by atoms with Crippen molar-refractivity contribution in [1.82, 2.24) is 5.32 Å². The smallest absolute Gasteiger partial charge is 0.251 e. The number of anilines is 4. The average molecular weight is 310 g/mol. The molecule has 2 aromatic carbocycles. The van der Waals surface area contributed by atoms with Crippen molar-refractivity contribution in [1.29, 1.82) is 0 Å². The van der Waals surface area contributed by atoms with Crippen molar-refractivity contribution in [2.45, 2.75) is 12.8 Å². The highest BCUT2D eigenvalue weighted by Crippen LogP contribution is 2.29. The van der Waals surface area contributed by atoms with Crippen LogP contribution >= 0.6 is 0 Å². The van der Waals surface area contributed by atoms with Gasteiger partial charge in [0.2, 0.25) is 5.91 Å². The van der Waals surface area contributed by atoms with Crippen LogP contribution < -0.4 is 21.7 Å². The third-order valence-electron chi connectivity index (χ3n) is 3.82. The molecule has 0 unspecified atom stereocenters. The first-order chi connectivity index (χ1) is 11.1. The van der Waals surface area contributed by atoms with Gasteiger partial charge in [-0.3, -0.25) is 9.59 Å². The van der Waals surface area contributed by atoms with Crippen molar-refractivity contribution in [2.75, 3.05) is 23.4 Å². The summed E-state index contributed by atoms with van der Waals surface area (Å²) in [6.07, 6.45) is 1.22. The molecule has 3 rings (SSSR count). The highest BCUT2D eigenvalue weighted by Gasteiger charge is 2.15. The monoisotopic (exact) mass is 310 g/mol. The lowest BCUT2D eigenvalue weighted by Gasteiger charge is -2.18. The molecule has 0 spiro atoms. The molecule has 1 heterocycles. The number of hydrogen-bond donors (Lipinski definition) is 4. The molecule has 6 nitrogen and oxygen atoms in total. The summed E-state index contributed by atoms with van der Waals surface area (Å²) in [5, 5.41) is 8.67. The van der Waals surface area contributed by atoms with E-state index in [2.05, 4.69) is 16.0 Å². The number of amides is 2. The molecule has 0 atom stereocenters. The lowest BCUT2D eigenvalue weighted by molar-refractivity contribution is -0.116. The minimum atomic E-state index is -0.173. The number of nitrogen functional groups attached to an aromatic ring is 1. The Kier molecular flexibility index (Phi) is 3.89. The molecule has 2 amide bonds. The number of carbonyl (C=O) groups is 2. The minimum Gasteiger partial charge on any atom is -0.397 e. The van der Waals surface area contributed by atoms with Gasteiger partial charge in [-0.05, 0) is 48.4 Å². The fraction of sp³-hybridized carbons (Fsp3) is 0.176. The fourth-order valence-corrected chi connectivity index (χ4v) is 2.58. The van der Waals surface area contributed by atoms with E-state index in [-0.39, 0.29) is 11.8 Å². The molecule has 0 saturated carbocycles. The van der Waals surface area contributed by atoms with Crippen molar-refractivity contribution in [3.05, 3.63) is 47.5 Å². The summed E-state index contributed by atoms with van der Waals surface area (Å²) in [6, 6.07) is 10.9. The lowest BCUT2D eigenvalue weighted by atomic mass is 10.0. The lowest BCUT2D eigenvalue weighted by Crippen LogP contribution is -2.19. The molecule has 0 saturated heterocycles. The van der Waals surface area contributed by atoms with Crippen molar-refractivity contribution in [3.63, 3.8) is 0 Å². The predicted octanol–water partition coefficient (Wildman–Crippen LogP) is 2.26. The van der Waals surface area contributed by atoms with Gasteiger partial charge in [-0.25, -0.2) is 0 Å². The van der Waals surface area contributed by atoms with Gasteiger partial charge in [0, 0.05) is 30.4 Å². The van der Waals surface area contributed by atoms with Crippen LogP contribution in [0.2, 0.25) is 0 Å². The normalized spacial score (nSPS) is 13.0. The quantitative estimate of drug-likeness (QED) is 0.654. The molecule has 1 aliphatic heterocycles. The standard InChI is InChI=1S/C17H18N4O2/c1-19-17(23)11-2-5-15(13(18)9-11)20-12-4-6-14-10(8-12)3-7-16(22)21-14/h2,4-6,8-9,20H,3,7,18H2,1H3,(H,19,23)(H,21,22). The Morgan fingerprint density at radius 3 is 2.74 bits per heavy atom. The van der Waals surface area contributed by atoms with E-state index < -0.39 is 0 Å². The average Bonchev–Trinajstić information content (AvgIpc) is 2.56. The third kappa shape index (κ3) is 3.11. The molecule has 0 fully saturated rings. The first-order valence-electron chi connectivity index (χ1n) is 7.38. The van der Waals surface area contributed by atoms with E-state index in [1.807, 2.05) is 18.2 Å². The van der Waals surface area contributed by atoms with Gasteiger partial charge in [0.15, 0.2) is 0 Å². The number of rotatable bonds is 3. The zero-order valence-electron chi connectivity index (χ0n) is 12.8. The van der Waals surface area contributed by atoms with Crippen LogP contribution in [-0.2, 0) is 11.2 Å². The minimum absolute atomic E-state index is 0.0484. The molecule has 0 radical (unpaired) electrons. The molecule has 118 valence electrons. The summed E-state index contributed by atoms with van der Waals surface area (Å²) in [7, 11) is 1.58. The van der Waals surface area contributed by atoms with Crippen molar-refractivity contribution >= 4 is 34.6 Å². The molecule has 0 bridgehead atoms. The molecule has 1 aliphatic rings. The maximum atomic E-state index is 11.6. The number of nitrogens with two attached hydrogens (primary N) is 1. The Morgan fingerprint density at radius 2 is 2.00 bits per heavy atom. The van der Waals surface area contributed by atoms with Gasteiger partial charge >= 0.3 is 0 Å². The summed E-state index contributed by atoms with van der Waals surface area (Å²) in [6.45, 7) is 0. The van der Waals surface area contributed by atoms with E-state index in [0.717, 1.165) is 29.0 Å². The second kappa shape index (κ2) is 6.00. The SMILES string of the molecule is CNC(=O)c1ccc(Nc2ccc3c(c2)CCC(=O)N3)c(N)c1. The highest BCUT2D eigenvalue weighted by molar-refractivity contribution is 5.96. The Hall–Kier alpha value is -3.02. The van der Waals surface area contributed by atoms with Gasteiger partial charge in [0.25, 0.3) is 5.91 Å².